The van der Waals surface area contributed by atoms with Crippen LogP contribution in [0.3, 0.4) is 0 Å². The van der Waals surface area contributed by atoms with Gasteiger partial charge in [-0.05, 0) is 107 Å². The predicted octanol–water partition coefficient (Wildman–Crippen LogP) is 9.50. The van der Waals surface area contributed by atoms with Gasteiger partial charge in [0.05, 0.1) is 47.7 Å². The van der Waals surface area contributed by atoms with Crippen molar-refractivity contribution in [1.29, 1.82) is 0 Å². The fraction of sp³-hybridized carbons (Fsp3) is 0.372. The summed E-state index contributed by atoms with van der Waals surface area (Å²) in [4.78, 5) is 29.1. The summed E-state index contributed by atoms with van der Waals surface area (Å²) in [6, 6.07) is 14.8. The number of aryl methyl sites for hydroxylation is 5. The molecule has 8 rings (SSSR count). The van der Waals surface area contributed by atoms with E-state index < -0.39 is 5.97 Å². The Bertz CT molecular complexity index is 2520. The number of ether oxygens (including phenoxy) is 2. The van der Waals surface area contributed by atoms with Crippen LogP contribution in [0.2, 0.25) is 10.0 Å². The second kappa shape index (κ2) is 14.1. The number of carbonyl (C=O) groups excluding carboxylic acids is 1. The van der Waals surface area contributed by atoms with Gasteiger partial charge in [0, 0.05) is 63.7 Å². The van der Waals surface area contributed by atoms with Crippen LogP contribution in [0.1, 0.15) is 75.2 Å². The van der Waals surface area contributed by atoms with E-state index in [1.807, 2.05) is 80.7 Å². The number of nitrogens with zero attached hydrogens (tertiary/aromatic N) is 5. The van der Waals surface area contributed by atoms with E-state index >= 15 is 4.79 Å². The largest absolute Gasteiger partial charge is 0.494 e. The molecule has 55 heavy (non-hydrogen) atoms. The van der Waals surface area contributed by atoms with Gasteiger partial charge in [-0.1, -0.05) is 36.2 Å². The van der Waals surface area contributed by atoms with Crippen LogP contribution in [-0.2, 0) is 24.8 Å². The third-order valence-corrected chi connectivity index (χ3v) is 12.4. The smallest absolute Gasteiger partial charge is 0.335 e. The van der Waals surface area contributed by atoms with Crippen molar-refractivity contribution in [2.45, 2.75) is 73.1 Å². The number of carbonyl (C=O) groups is 2. The molecule has 1 N–H and O–H groups in total. The molecule has 2 aliphatic heterocycles. The Labute approximate surface area is 330 Å². The number of halogens is 2. The van der Waals surface area contributed by atoms with E-state index in [0.29, 0.717) is 61.6 Å². The van der Waals surface area contributed by atoms with Crippen molar-refractivity contribution < 1.29 is 24.2 Å². The normalized spacial score (nSPS) is 18.3. The number of anilines is 1. The van der Waals surface area contributed by atoms with Gasteiger partial charge in [0.2, 0.25) is 0 Å². The van der Waals surface area contributed by atoms with Crippen molar-refractivity contribution >= 4 is 62.7 Å². The first-order valence-corrected chi connectivity index (χ1v) is 19.6. The fourth-order valence-corrected chi connectivity index (χ4v) is 8.93. The number of hydrogen-bond acceptors (Lipinski definition) is 5. The summed E-state index contributed by atoms with van der Waals surface area (Å²) in [5.74, 6) is 0.718. The molecule has 286 valence electrons. The van der Waals surface area contributed by atoms with Gasteiger partial charge in [-0.25, -0.2) is 4.79 Å². The lowest BCUT2D eigenvalue weighted by Crippen LogP contribution is -2.45. The predicted molar refractivity (Wildman–Crippen MR) is 218 cm³/mol. The first-order chi connectivity index (χ1) is 26.2. The third-order valence-electron chi connectivity index (χ3n) is 11.5. The summed E-state index contributed by atoms with van der Waals surface area (Å²) in [6.45, 7) is 14.4. The topological polar surface area (TPSA) is 104 Å². The van der Waals surface area contributed by atoms with Gasteiger partial charge in [0.15, 0.2) is 0 Å². The van der Waals surface area contributed by atoms with E-state index in [1.165, 1.54) is 0 Å². The molecule has 2 unspecified atom stereocenters. The summed E-state index contributed by atoms with van der Waals surface area (Å²) in [6.07, 6.45) is 1.23. The first-order valence-electron chi connectivity index (χ1n) is 18.8. The number of carboxylic acids is 1. The maximum Gasteiger partial charge on any atom is 0.335 e. The highest BCUT2D eigenvalue weighted by Gasteiger charge is 2.39. The molecule has 1 fully saturated rings. The molecule has 0 radical (unpaired) electrons. The number of carboxylic acid groups (broad SMARTS) is 1. The summed E-state index contributed by atoms with van der Waals surface area (Å²) < 4.78 is 18.4. The lowest BCUT2D eigenvalue weighted by Gasteiger charge is -2.37. The van der Waals surface area contributed by atoms with Crippen LogP contribution in [0.15, 0.2) is 48.5 Å². The molecule has 3 aromatic carbocycles. The Hall–Kier alpha value is -4.77. The van der Waals surface area contributed by atoms with Crippen LogP contribution in [0, 0.1) is 33.6 Å². The molecule has 1 amide bonds. The molecule has 5 heterocycles. The zero-order valence-electron chi connectivity index (χ0n) is 32.2. The summed E-state index contributed by atoms with van der Waals surface area (Å²) in [7, 11) is 1.93. The minimum absolute atomic E-state index is 0.0169. The average molecular weight is 783 g/mol. The second-order valence-electron chi connectivity index (χ2n) is 15.3. The SMILES string of the molecule is Cc1cc(OCCCc2c3n(c4c(-c5c(C)nn(C)c5C)c(Cl)ccc24)C(C)CN(c2cc4cc(C(=O)O)ccc4n2C[C@@H]2OCC2C)C3=O)cc(C)c1Cl. The Morgan fingerprint density at radius 1 is 1.02 bits per heavy atom. The van der Waals surface area contributed by atoms with Crippen LogP contribution >= 0.6 is 23.2 Å². The number of aromatic nitrogens is 4. The lowest BCUT2D eigenvalue weighted by molar-refractivity contribution is -0.112. The number of benzene rings is 3. The van der Waals surface area contributed by atoms with Crippen LogP contribution < -0.4 is 9.64 Å². The van der Waals surface area contributed by atoms with E-state index in [2.05, 4.69) is 23.0 Å². The molecule has 6 aromatic rings. The molecule has 3 aromatic heterocycles. The standard InChI is InChI=1S/C43H45Cl2N5O5/c1-22-15-30(16-23(2)39(22)45)54-14-8-9-31-32-11-12-33(44)38(37-26(5)46-47(7)27(37)6)40(32)50-25(4)19-49(42(51)41(31)50)36-18-29-17-28(43(52)53)10-13-34(29)48(36)20-35-24(3)21-55-35/h10-13,15-18,24-25,35H,8-9,14,19-21H2,1-7H3,(H,52,53)/t24?,25?,35-/m0/s1. The highest BCUT2D eigenvalue weighted by atomic mass is 35.5. The minimum Gasteiger partial charge on any atom is -0.494 e. The van der Waals surface area contributed by atoms with Crippen LogP contribution in [0.25, 0.3) is 32.9 Å². The number of amides is 1. The van der Waals surface area contributed by atoms with E-state index in [4.69, 9.17) is 37.8 Å². The summed E-state index contributed by atoms with van der Waals surface area (Å²) in [5, 5.41) is 17.6. The second-order valence-corrected chi connectivity index (χ2v) is 16.1. The zero-order chi connectivity index (χ0) is 39.0. The van der Waals surface area contributed by atoms with Crippen molar-refractivity contribution in [3.8, 4) is 16.9 Å². The zero-order valence-corrected chi connectivity index (χ0v) is 33.7. The number of rotatable bonds is 10. The van der Waals surface area contributed by atoms with Crippen molar-refractivity contribution in [2.75, 3.05) is 24.7 Å². The highest BCUT2D eigenvalue weighted by molar-refractivity contribution is 6.35. The van der Waals surface area contributed by atoms with Crippen molar-refractivity contribution in [3.63, 3.8) is 0 Å². The maximum absolute atomic E-state index is 15.3. The lowest BCUT2D eigenvalue weighted by atomic mass is 9.98. The van der Waals surface area contributed by atoms with Gasteiger partial charge < -0.3 is 23.7 Å². The summed E-state index contributed by atoms with van der Waals surface area (Å²) >= 11 is 13.6. The third kappa shape index (κ3) is 6.19. The Balaban J connectivity index is 1.27. The van der Waals surface area contributed by atoms with Crippen LogP contribution in [0.5, 0.6) is 5.75 Å². The molecule has 0 aliphatic carbocycles. The van der Waals surface area contributed by atoms with Gasteiger partial charge in [-0.2, -0.15) is 5.10 Å². The highest BCUT2D eigenvalue weighted by Crippen LogP contribution is 2.45. The Morgan fingerprint density at radius 3 is 2.40 bits per heavy atom. The van der Waals surface area contributed by atoms with Crippen LogP contribution in [-0.4, -0.2) is 61.8 Å². The number of hydrogen-bond donors (Lipinski definition) is 1. The van der Waals surface area contributed by atoms with Gasteiger partial charge in [-0.15, -0.1) is 0 Å². The van der Waals surface area contributed by atoms with E-state index in [0.717, 1.165) is 71.8 Å². The van der Waals surface area contributed by atoms with Gasteiger partial charge >= 0.3 is 5.97 Å². The Kier molecular flexibility index (Phi) is 9.51. The quantitative estimate of drug-likeness (QED) is 0.139. The Morgan fingerprint density at radius 2 is 1.76 bits per heavy atom. The van der Waals surface area contributed by atoms with Gasteiger partial charge in [-0.3, -0.25) is 14.4 Å². The molecule has 0 bridgehead atoms. The molecule has 0 spiro atoms. The maximum atomic E-state index is 15.3. The van der Waals surface area contributed by atoms with Gasteiger partial charge in [0.25, 0.3) is 5.91 Å². The van der Waals surface area contributed by atoms with Crippen molar-refractivity contribution in [1.82, 2.24) is 18.9 Å². The summed E-state index contributed by atoms with van der Waals surface area (Å²) in [5.41, 5.74) is 9.14. The average Bonchev–Trinajstić information content (AvgIpc) is 3.76. The monoisotopic (exact) mass is 781 g/mol. The molecule has 1 saturated heterocycles. The minimum atomic E-state index is -0.997. The number of fused-ring (bicyclic) bond motifs is 4. The first kappa shape index (κ1) is 37.2. The van der Waals surface area contributed by atoms with Crippen molar-refractivity contribution in [3.05, 3.63) is 97.9 Å². The molecular weight excluding hydrogens is 737 g/mol. The van der Waals surface area contributed by atoms with Crippen LogP contribution in [0.4, 0.5) is 5.82 Å². The molecule has 2 aliphatic rings. The number of aromatic carboxylic acids is 1. The molecule has 12 heteroatoms. The molecular formula is C43H45Cl2N5O5. The molecule has 3 atom stereocenters. The fourth-order valence-electron chi connectivity index (χ4n) is 8.57. The van der Waals surface area contributed by atoms with E-state index in [1.54, 1.807) is 12.1 Å². The van der Waals surface area contributed by atoms with E-state index in [-0.39, 0.29) is 23.6 Å². The molecule has 0 saturated carbocycles. The van der Waals surface area contributed by atoms with Crippen molar-refractivity contribution in [2.24, 2.45) is 13.0 Å². The molecule has 10 nitrogen and oxygen atoms in total. The van der Waals surface area contributed by atoms with E-state index in [9.17, 15) is 9.90 Å². The van der Waals surface area contributed by atoms with Gasteiger partial charge in [0.1, 0.15) is 17.3 Å².